The first-order valence-electron chi connectivity index (χ1n) is 4.79. The molecule has 0 atom stereocenters. The second kappa shape index (κ2) is 4.25. The molecular formula is C11H9FN2O3. The number of aromatic amines is 1. The van der Waals surface area contributed by atoms with Gasteiger partial charge in [-0.3, -0.25) is 5.10 Å². The van der Waals surface area contributed by atoms with E-state index in [1.807, 2.05) is 0 Å². The van der Waals surface area contributed by atoms with Gasteiger partial charge < -0.3 is 9.84 Å². The molecule has 2 aromatic rings. The molecule has 0 aliphatic carbocycles. The quantitative estimate of drug-likeness (QED) is 0.857. The number of aromatic nitrogens is 2. The Balaban J connectivity index is 2.39. The van der Waals surface area contributed by atoms with Crippen molar-refractivity contribution in [2.45, 2.75) is 6.92 Å². The van der Waals surface area contributed by atoms with Crippen molar-refractivity contribution in [2.24, 2.45) is 0 Å². The van der Waals surface area contributed by atoms with Gasteiger partial charge in [0.2, 0.25) is 5.88 Å². The van der Waals surface area contributed by atoms with Crippen molar-refractivity contribution in [1.82, 2.24) is 10.2 Å². The number of nitrogens with one attached hydrogen (secondary N) is 1. The van der Waals surface area contributed by atoms with Crippen LogP contribution >= 0.6 is 0 Å². The normalized spacial score (nSPS) is 10.2. The molecule has 0 saturated heterocycles. The number of carboxylic acids is 1. The summed E-state index contributed by atoms with van der Waals surface area (Å²) in [6.07, 6.45) is 0. The third kappa shape index (κ3) is 2.25. The maximum Gasteiger partial charge on any atom is 0.342 e. The lowest BCUT2D eigenvalue weighted by Gasteiger charge is -2.06. The molecular weight excluding hydrogens is 227 g/mol. The highest BCUT2D eigenvalue weighted by Crippen LogP contribution is 2.26. The molecule has 1 aromatic heterocycles. The highest BCUT2D eigenvalue weighted by atomic mass is 19.1. The molecule has 17 heavy (non-hydrogen) atoms. The monoisotopic (exact) mass is 236 g/mol. The molecule has 0 saturated carbocycles. The van der Waals surface area contributed by atoms with Crippen LogP contribution in [0.2, 0.25) is 0 Å². The van der Waals surface area contributed by atoms with Gasteiger partial charge in [-0.2, -0.15) is 0 Å². The highest BCUT2D eigenvalue weighted by Gasteiger charge is 2.17. The predicted octanol–water partition coefficient (Wildman–Crippen LogP) is 2.35. The largest absolute Gasteiger partial charge is 0.477 e. The van der Waals surface area contributed by atoms with Gasteiger partial charge >= 0.3 is 5.97 Å². The highest BCUT2D eigenvalue weighted by molar-refractivity contribution is 5.91. The Kier molecular flexibility index (Phi) is 2.78. The minimum absolute atomic E-state index is 0.0796. The van der Waals surface area contributed by atoms with Gasteiger partial charge in [0.25, 0.3) is 0 Å². The summed E-state index contributed by atoms with van der Waals surface area (Å²) in [7, 11) is 0. The van der Waals surface area contributed by atoms with Crippen molar-refractivity contribution in [1.29, 1.82) is 0 Å². The second-order valence-corrected chi connectivity index (χ2v) is 3.41. The average molecular weight is 236 g/mol. The van der Waals surface area contributed by atoms with Crippen molar-refractivity contribution in [3.63, 3.8) is 0 Å². The topological polar surface area (TPSA) is 75.2 Å². The maximum atomic E-state index is 13.3. The van der Waals surface area contributed by atoms with Crippen molar-refractivity contribution >= 4 is 5.97 Å². The Labute approximate surface area is 95.9 Å². The summed E-state index contributed by atoms with van der Waals surface area (Å²) in [5.41, 5.74) is 0.251. The van der Waals surface area contributed by atoms with Crippen LogP contribution in [0.15, 0.2) is 24.3 Å². The van der Waals surface area contributed by atoms with Crippen LogP contribution in [0.25, 0.3) is 0 Å². The van der Waals surface area contributed by atoms with Crippen molar-refractivity contribution in [2.75, 3.05) is 0 Å². The lowest BCUT2D eigenvalue weighted by Crippen LogP contribution is -2.03. The van der Waals surface area contributed by atoms with Gasteiger partial charge in [0.1, 0.15) is 17.1 Å². The molecule has 5 nitrogen and oxygen atoms in total. The minimum atomic E-state index is -1.38. The number of rotatable bonds is 3. The van der Waals surface area contributed by atoms with Crippen LogP contribution in [0.4, 0.5) is 4.39 Å². The second-order valence-electron chi connectivity index (χ2n) is 3.41. The number of benzene rings is 1. The van der Waals surface area contributed by atoms with Crippen LogP contribution in [0, 0.1) is 12.7 Å². The molecule has 2 N–H and O–H groups in total. The van der Waals surface area contributed by atoms with E-state index in [-0.39, 0.29) is 11.6 Å². The van der Waals surface area contributed by atoms with Crippen LogP contribution < -0.4 is 4.74 Å². The lowest BCUT2D eigenvalue weighted by molar-refractivity contribution is 0.0689. The fraction of sp³-hybridized carbons (Fsp3) is 0.0909. The lowest BCUT2D eigenvalue weighted by atomic mass is 10.2. The summed E-state index contributed by atoms with van der Waals surface area (Å²) in [5.74, 6) is -2.12. The molecule has 1 heterocycles. The molecule has 0 fully saturated rings. The third-order valence-electron chi connectivity index (χ3n) is 2.09. The van der Waals surface area contributed by atoms with E-state index in [1.54, 1.807) is 13.0 Å². The number of aromatic carboxylic acids is 1. The van der Waals surface area contributed by atoms with E-state index < -0.39 is 17.3 Å². The molecule has 0 aliphatic heterocycles. The van der Waals surface area contributed by atoms with Gasteiger partial charge in [-0.1, -0.05) is 6.07 Å². The Morgan fingerprint density at radius 2 is 2.29 bits per heavy atom. The van der Waals surface area contributed by atoms with E-state index in [2.05, 4.69) is 10.2 Å². The summed E-state index contributed by atoms with van der Waals surface area (Å²) < 4.78 is 18.5. The predicted molar refractivity (Wildman–Crippen MR) is 56.8 cm³/mol. The van der Waals surface area contributed by atoms with Gasteiger partial charge in [0.15, 0.2) is 0 Å². The Morgan fingerprint density at radius 3 is 2.88 bits per heavy atom. The van der Waals surface area contributed by atoms with Crippen LogP contribution in [-0.2, 0) is 0 Å². The van der Waals surface area contributed by atoms with E-state index in [9.17, 15) is 9.18 Å². The summed E-state index contributed by atoms with van der Waals surface area (Å²) in [4.78, 5) is 10.9. The van der Waals surface area contributed by atoms with Crippen molar-refractivity contribution in [3.05, 3.63) is 41.3 Å². The number of hydrogen-bond acceptors (Lipinski definition) is 3. The number of carboxylic acid groups (broad SMARTS) is 1. The molecule has 0 radical (unpaired) electrons. The molecule has 6 heteroatoms. The van der Waals surface area contributed by atoms with Gasteiger partial charge in [-0.15, -0.1) is 5.10 Å². The van der Waals surface area contributed by atoms with Crippen LogP contribution in [0.5, 0.6) is 11.6 Å². The molecule has 0 aliphatic rings. The fourth-order valence-electron chi connectivity index (χ4n) is 1.35. The Hall–Kier alpha value is -2.37. The third-order valence-corrected chi connectivity index (χ3v) is 2.09. The summed E-state index contributed by atoms with van der Waals surface area (Å²) in [6, 6.07) is 5.38. The first-order chi connectivity index (χ1) is 8.08. The maximum absolute atomic E-state index is 13.3. The Bertz CT molecular complexity index is 566. The van der Waals surface area contributed by atoms with Gasteiger partial charge in [0.05, 0.1) is 0 Å². The minimum Gasteiger partial charge on any atom is -0.477 e. The molecule has 0 unspecified atom stereocenters. The number of halogens is 1. The molecule has 0 bridgehead atoms. The van der Waals surface area contributed by atoms with E-state index in [0.29, 0.717) is 0 Å². The number of carbonyl (C=O) groups is 1. The van der Waals surface area contributed by atoms with Crippen molar-refractivity contribution in [3.8, 4) is 11.6 Å². The van der Waals surface area contributed by atoms with Crippen LogP contribution in [0.1, 0.15) is 16.1 Å². The number of nitrogens with zero attached hydrogens (tertiary/aromatic N) is 1. The Morgan fingerprint density at radius 1 is 1.53 bits per heavy atom. The molecule has 88 valence electrons. The smallest absolute Gasteiger partial charge is 0.342 e. The number of aryl methyl sites for hydroxylation is 1. The molecule has 1 aromatic carbocycles. The standard InChI is InChI=1S/C11H9FN2O3/c1-6-5-9(14-13-6)17-8-4-2-3-7(12)10(8)11(15)16/h2-5H,1H3,(H,13,14)(H,15,16). The SMILES string of the molecule is Cc1cc(Oc2cccc(F)c2C(=O)O)n[nH]1. The first kappa shape index (κ1) is 11.1. The average Bonchev–Trinajstić information content (AvgIpc) is 2.63. The van der Waals surface area contributed by atoms with E-state index in [1.165, 1.54) is 12.1 Å². The fourth-order valence-corrected chi connectivity index (χ4v) is 1.35. The van der Waals surface area contributed by atoms with E-state index in [0.717, 1.165) is 11.8 Å². The van der Waals surface area contributed by atoms with Gasteiger partial charge in [-0.05, 0) is 19.1 Å². The summed E-state index contributed by atoms with van der Waals surface area (Å²) >= 11 is 0. The molecule has 2 rings (SSSR count). The van der Waals surface area contributed by atoms with E-state index >= 15 is 0 Å². The number of ether oxygens (including phenoxy) is 1. The first-order valence-corrected chi connectivity index (χ1v) is 4.79. The van der Waals surface area contributed by atoms with Gasteiger partial charge in [-0.25, -0.2) is 9.18 Å². The zero-order chi connectivity index (χ0) is 12.4. The number of H-pyrrole nitrogens is 1. The van der Waals surface area contributed by atoms with Crippen LogP contribution in [0.3, 0.4) is 0 Å². The van der Waals surface area contributed by atoms with E-state index in [4.69, 9.17) is 9.84 Å². The summed E-state index contributed by atoms with van der Waals surface area (Å²) in [5, 5.41) is 15.3. The molecule has 0 amide bonds. The van der Waals surface area contributed by atoms with Gasteiger partial charge in [0, 0.05) is 11.8 Å². The number of hydrogen-bond donors (Lipinski definition) is 2. The van der Waals surface area contributed by atoms with Crippen molar-refractivity contribution < 1.29 is 19.0 Å². The summed E-state index contributed by atoms with van der Waals surface area (Å²) in [6.45, 7) is 1.77. The van der Waals surface area contributed by atoms with Crippen LogP contribution in [-0.4, -0.2) is 21.3 Å². The zero-order valence-electron chi connectivity index (χ0n) is 8.90. The zero-order valence-corrected chi connectivity index (χ0v) is 8.90. The molecule has 0 spiro atoms.